The van der Waals surface area contributed by atoms with Crippen molar-refractivity contribution in [1.29, 1.82) is 0 Å². The van der Waals surface area contributed by atoms with Crippen LogP contribution in [0.2, 0.25) is 0 Å². The average Bonchev–Trinajstić information content (AvgIpc) is 4.03. The number of unbranched alkanes of at least 4 members (excludes halogenated alkanes) is 19. The second-order valence-corrected chi connectivity index (χ2v) is 20.5. The summed E-state index contributed by atoms with van der Waals surface area (Å²) in [7, 11) is 0. The predicted octanol–water partition coefficient (Wildman–Crippen LogP) is 12.9. The van der Waals surface area contributed by atoms with Gasteiger partial charge >= 0.3 is 17.9 Å². The Labute approximate surface area is 400 Å². The molecule has 0 radical (unpaired) electrons. The fraction of sp³-hybridized carbons (Fsp3) is 0.944. The zero-order valence-electron chi connectivity index (χ0n) is 41.9. The number of rotatable bonds is 42. The molecule has 12 heteroatoms. The minimum Gasteiger partial charge on any atom is -0.481 e. The highest BCUT2D eigenvalue weighted by Gasteiger charge is 2.51. The van der Waals surface area contributed by atoms with Gasteiger partial charge in [-0.05, 0) is 57.8 Å². The van der Waals surface area contributed by atoms with Gasteiger partial charge in [0.1, 0.15) is 0 Å². The third-order valence-corrected chi connectivity index (χ3v) is 14.5. The lowest BCUT2D eigenvalue weighted by molar-refractivity contribution is -0.138. The summed E-state index contributed by atoms with van der Waals surface area (Å²) in [5.74, 6) is -2.03. The van der Waals surface area contributed by atoms with Crippen molar-refractivity contribution in [3.05, 3.63) is 0 Å². The number of carboxylic acid groups (broad SMARTS) is 3. The number of carbonyl (C=O) groups is 3. The van der Waals surface area contributed by atoms with Crippen molar-refractivity contribution >= 4 is 17.9 Å². The summed E-state index contributed by atoms with van der Waals surface area (Å²) in [6.45, 7) is 6.67. The summed E-state index contributed by atoms with van der Waals surface area (Å²) in [5, 5.41) is 25.7. The quantitative estimate of drug-likeness (QED) is 0.0389. The Bertz CT molecular complexity index is 1300. The number of ether oxygens (including phenoxy) is 6. The van der Waals surface area contributed by atoms with Crippen LogP contribution in [0, 0.1) is 0 Å². The van der Waals surface area contributed by atoms with Crippen LogP contribution in [0.4, 0.5) is 0 Å². The summed E-state index contributed by atoms with van der Waals surface area (Å²) >= 11 is 0. The Hall–Kier alpha value is -1.83. The molecule has 6 fully saturated rings. The zero-order chi connectivity index (χ0) is 47.4. The largest absolute Gasteiger partial charge is 0.481 e. The molecule has 0 spiro atoms. The molecular weight excluding hydrogens is 841 g/mol. The number of aliphatic carboxylic acids is 3. The van der Waals surface area contributed by atoms with E-state index in [4.69, 9.17) is 43.7 Å². The second kappa shape index (κ2) is 33.7. The summed E-state index contributed by atoms with van der Waals surface area (Å²) in [6, 6.07) is 0. The van der Waals surface area contributed by atoms with Gasteiger partial charge in [-0.1, -0.05) is 156 Å². The fourth-order valence-corrected chi connectivity index (χ4v) is 9.81. The van der Waals surface area contributed by atoms with E-state index in [0.29, 0.717) is 92.5 Å². The molecule has 6 heterocycles. The lowest BCUT2D eigenvalue weighted by Crippen LogP contribution is -2.05. The lowest BCUT2D eigenvalue weighted by atomic mass is 10.0. The van der Waals surface area contributed by atoms with Gasteiger partial charge in [-0.2, -0.15) is 0 Å². The summed E-state index contributed by atoms with van der Waals surface area (Å²) in [4.78, 5) is 31.1. The minimum atomic E-state index is -0.682. The Kier molecular flexibility index (Phi) is 28.9. The molecule has 6 saturated heterocycles. The Morgan fingerprint density at radius 3 is 0.818 bits per heavy atom. The third-order valence-electron chi connectivity index (χ3n) is 14.5. The minimum absolute atomic E-state index is 0.307. The van der Waals surface area contributed by atoms with E-state index in [2.05, 4.69) is 20.8 Å². The van der Waals surface area contributed by atoms with E-state index in [0.717, 1.165) is 89.9 Å². The summed E-state index contributed by atoms with van der Waals surface area (Å²) in [6.07, 6.45) is 45.3. The molecule has 0 aromatic rings. The molecule has 0 aromatic heterocycles. The Balaban J connectivity index is 0.000000217. The van der Waals surface area contributed by atoms with Crippen LogP contribution in [0.5, 0.6) is 0 Å². The van der Waals surface area contributed by atoms with Crippen LogP contribution in [-0.4, -0.2) is 106 Å². The van der Waals surface area contributed by atoms with Crippen molar-refractivity contribution in [3.63, 3.8) is 0 Å². The molecule has 6 rings (SSSR count). The molecule has 12 atom stereocenters. The topological polar surface area (TPSA) is 187 Å². The van der Waals surface area contributed by atoms with Crippen LogP contribution in [0.15, 0.2) is 0 Å². The molecule has 0 saturated carbocycles. The van der Waals surface area contributed by atoms with E-state index < -0.39 is 17.9 Å². The maximum atomic E-state index is 10.4. The van der Waals surface area contributed by atoms with Gasteiger partial charge in [0.2, 0.25) is 0 Å². The van der Waals surface area contributed by atoms with Gasteiger partial charge in [-0.25, -0.2) is 0 Å². The molecule has 0 aliphatic carbocycles. The van der Waals surface area contributed by atoms with Gasteiger partial charge in [0, 0.05) is 38.5 Å². The molecule has 12 unspecified atom stereocenters. The number of carboxylic acids is 3. The van der Waals surface area contributed by atoms with Crippen LogP contribution in [0.25, 0.3) is 0 Å². The molecule has 66 heavy (non-hydrogen) atoms. The summed E-state index contributed by atoms with van der Waals surface area (Å²) < 4.78 is 34.3. The van der Waals surface area contributed by atoms with Gasteiger partial charge < -0.3 is 43.7 Å². The standard InChI is InChI=1S/C18H30O5.C18H32O4.C18H34O3/c1-2-12-14(21-12)10-16-17(23-16)11-15-13(22-15)8-6-4-3-5-7-9-18(19)20;1-2-3-7-10-14-16(21-14)13-17-15(22-17)11-8-5-4-6-9-12-18(19)20;1-2-3-4-5-7-10-13-16-17(21-16)14-11-8-6-9-12-15-18(19)20/h12-17H,2-11H2,1H3,(H,19,20);14-17H,2-13H2,1H3,(H,19,20);16-17H,2-15H2,1H3,(H,19,20). The van der Waals surface area contributed by atoms with E-state index in [1.165, 1.54) is 122 Å². The average molecular weight is 937 g/mol. The molecule has 12 nitrogen and oxygen atoms in total. The Morgan fingerprint density at radius 2 is 0.500 bits per heavy atom. The fourth-order valence-electron chi connectivity index (χ4n) is 9.81. The van der Waals surface area contributed by atoms with Gasteiger partial charge in [0.25, 0.3) is 0 Å². The molecular formula is C54H96O12. The number of hydrogen-bond donors (Lipinski definition) is 3. The molecule has 6 aliphatic heterocycles. The van der Waals surface area contributed by atoms with Crippen LogP contribution < -0.4 is 0 Å². The van der Waals surface area contributed by atoms with Crippen LogP contribution in [0.1, 0.15) is 252 Å². The summed E-state index contributed by atoms with van der Waals surface area (Å²) in [5.41, 5.74) is 0. The van der Waals surface area contributed by atoms with Crippen molar-refractivity contribution in [2.45, 2.75) is 325 Å². The third kappa shape index (κ3) is 28.0. The number of epoxide rings is 6. The van der Waals surface area contributed by atoms with Gasteiger partial charge in [-0.3, -0.25) is 14.4 Å². The first kappa shape index (κ1) is 56.8. The van der Waals surface area contributed by atoms with Crippen molar-refractivity contribution in [3.8, 4) is 0 Å². The van der Waals surface area contributed by atoms with Crippen molar-refractivity contribution in [2.75, 3.05) is 0 Å². The van der Waals surface area contributed by atoms with Gasteiger partial charge in [0.15, 0.2) is 0 Å². The van der Waals surface area contributed by atoms with Gasteiger partial charge in [-0.15, -0.1) is 0 Å². The van der Waals surface area contributed by atoms with Crippen molar-refractivity contribution in [1.82, 2.24) is 0 Å². The monoisotopic (exact) mass is 937 g/mol. The van der Waals surface area contributed by atoms with E-state index in [1.807, 2.05) is 0 Å². The molecule has 384 valence electrons. The van der Waals surface area contributed by atoms with Crippen LogP contribution >= 0.6 is 0 Å². The second-order valence-electron chi connectivity index (χ2n) is 20.5. The maximum absolute atomic E-state index is 10.4. The van der Waals surface area contributed by atoms with E-state index in [9.17, 15) is 14.4 Å². The normalized spacial score (nSPS) is 29.5. The zero-order valence-corrected chi connectivity index (χ0v) is 41.9. The Morgan fingerprint density at radius 1 is 0.288 bits per heavy atom. The molecule has 0 bridgehead atoms. The van der Waals surface area contributed by atoms with Crippen LogP contribution in [-0.2, 0) is 42.8 Å². The van der Waals surface area contributed by atoms with E-state index in [1.54, 1.807) is 0 Å². The molecule has 0 aromatic carbocycles. The first-order chi connectivity index (χ1) is 32.1. The highest BCUT2D eigenvalue weighted by molar-refractivity contribution is 5.67. The maximum Gasteiger partial charge on any atom is 0.303 e. The first-order valence-electron chi connectivity index (χ1n) is 27.7. The van der Waals surface area contributed by atoms with E-state index >= 15 is 0 Å². The molecule has 6 aliphatic rings. The number of hydrogen-bond acceptors (Lipinski definition) is 9. The van der Waals surface area contributed by atoms with Crippen LogP contribution in [0.3, 0.4) is 0 Å². The molecule has 0 amide bonds. The smallest absolute Gasteiger partial charge is 0.303 e. The highest BCUT2D eigenvalue weighted by atomic mass is 16.6. The highest BCUT2D eigenvalue weighted by Crippen LogP contribution is 2.42. The SMILES string of the molecule is CCC1OC1CC1OC1CC1OC1CCCCCCCC(=O)O.CCCCCC1OC1CC1OC1CCCCCCCC(=O)O.CCCCCCCCC1OC1CCCCCCCC(=O)O. The van der Waals surface area contributed by atoms with E-state index in [-0.39, 0.29) is 0 Å². The van der Waals surface area contributed by atoms with Gasteiger partial charge in [0.05, 0.1) is 73.2 Å². The van der Waals surface area contributed by atoms with Crippen molar-refractivity contribution < 1.29 is 58.1 Å². The lowest BCUT2D eigenvalue weighted by Gasteiger charge is -2.00. The molecule has 3 N–H and O–H groups in total. The predicted molar refractivity (Wildman–Crippen MR) is 258 cm³/mol. The first-order valence-corrected chi connectivity index (χ1v) is 27.7. The van der Waals surface area contributed by atoms with Crippen molar-refractivity contribution in [2.24, 2.45) is 0 Å².